The van der Waals surface area contributed by atoms with Crippen LogP contribution in [-0.4, -0.2) is 54.3 Å². The molecule has 1 unspecified atom stereocenters. The second-order valence-electron chi connectivity index (χ2n) is 6.00. The fourth-order valence-corrected chi connectivity index (χ4v) is 2.80. The molecule has 1 heterocycles. The molecule has 0 spiro atoms. The molecule has 1 fully saturated rings. The Kier molecular flexibility index (Phi) is 7.52. The molecule has 1 atom stereocenters. The summed E-state index contributed by atoms with van der Waals surface area (Å²) in [6.45, 7) is 6.48. The topological polar surface area (TPSA) is 66.6 Å². The summed E-state index contributed by atoms with van der Waals surface area (Å²) in [5.41, 5.74) is 6.77. The SMILES string of the molecule is CC(C)C(=O)N1CCN(C(=O)C(CN)c2ccccc2)CC1.Cl. The molecule has 1 aliphatic heterocycles. The van der Waals surface area contributed by atoms with Crippen LogP contribution in [0, 0.1) is 5.92 Å². The average Bonchev–Trinajstić information content (AvgIpc) is 2.56. The Labute approximate surface area is 144 Å². The Morgan fingerprint density at radius 2 is 1.48 bits per heavy atom. The van der Waals surface area contributed by atoms with E-state index in [4.69, 9.17) is 5.73 Å². The third-order valence-electron chi connectivity index (χ3n) is 4.13. The lowest BCUT2D eigenvalue weighted by atomic mass is 9.97. The summed E-state index contributed by atoms with van der Waals surface area (Å²) in [5.74, 6) is -0.0761. The van der Waals surface area contributed by atoms with E-state index in [1.165, 1.54) is 0 Å². The summed E-state index contributed by atoms with van der Waals surface area (Å²) in [6, 6.07) is 9.65. The number of nitrogens with zero attached hydrogens (tertiary/aromatic N) is 2. The van der Waals surface area contributed by atoms with Gasteiger partial charge in [0, 0.05) is 38.6 Å². The molecule has 2 rings (SSSR count). The minimum absolute atomic E-state index is 0. The Balaban J connectivity index is 0.00000264. The number of hydrogen-bond acceptors (Lipinski definition) is 3. The van der Waals surface area contributed by atoms with Gasteiger partial charge in [-0.3, -0.25) is 9.59 Å². The van der Waals surface area contributed by atoms with Crippen molar-refractivity contribution in [3.8, 4) is 0 Å². The molecule has 0 radical (unpaired) electrons. The van der Waals surface area contributed by atoms with Crippen LogP contribution in [0.25, 0.3) is 0 Å². The quantitative estimate of drug-likeness (QED) is 0.903. The van der Waals surface area contributed by atoms with Crippen LogP contribution in [0.4, 0.5) is 0 Å². The van der Waals surface area contributed by atoms with Gasteiger partial charge in [0.15, 0.2) is 0 Å². The van der Waals surface area contributed by atoms with Crippen LogP contribution < -0.4 is 5.73 Å². The first-order chi connectivity index (χ1) is 10.5. The number of hydrogen-bond donors (Lipinski definition) is 1. The highest BCUT2D eigenvalue weighted by atomic mass is 35.5. The van der Waals surface area contributed by atoms with E-state index in [1.54, 1.807) is 0 Å². The van der Waals surface area contributed by atoms with Crippen LogP contribution in [0.15, 0.2) is 30.3 Å². The predicted molar refractivity (Wildman–Crippen MR) is 93.5 cm³/mol. The first kappa shape index (κ1) is 19.5. The monoisotopic (exact) mass is 339 g/mol. The normalized spacial score (nSPS) is 16.0. The summed E-state index contributed by atoms with van der Waals surface area (Å²) in [7, 11) is 0. The molecule has 23 heavy (non-hydrogen) atoms. The van der Waals surface area contributed by atoms with Gasteiger partial charge in [-0.2, -0.15) is 0 Å². The first-order valence-electron chi connectivity index (χ1n) is 7.87. The highest BCUT2D eigenvalue weighted by molar-refractivity contribution is 5.85. The van der Waals surface area contributed by atoms with Gasteiger partial charge < -0.3 is 15.5 Å². The first-order valence-corrected chi connectivity index (χ1v) is 7.87. The Morgan fingerprint density at radius 3 is 1.91 bits per heavy atom. The highest BCUT2D eigenvalue weighted by Crippen LogP contribution is 2.18. The van der Waals surface area contributed by atoms with Gasteiger partial charge in [0.2, 0.25) is 11.8 Å². The fourth-order valence-electron chi connectivity index (χ4n) is 2.80. The molecule has 6 heteroatoms. The predicted octanol–water partition coefficient (Wildman–Crippen LogP) is 1.48. The molecule has 1 aromatic carbocycles. The van der Waals surface area contributed by atoms with Gasteiger partial charge in [-0.15, -0.1) is 12.4 Å². The van der Waals surface area contributed by atoms with Crippen molar-refractivity contribution < 1.29 is 9.59 Å². The van der Waals surface area contributed by atoms with Crippen molar-refractivity contribution in [2.24, 2.45) is 11.7 Å². The number of halogens is 1. The lowest BCUT2D eigenvalue weighted by Crippen LogP contribution is -2.53. The average molecular weight is 340 g/mol. The number of carbonyl (C=O) groups is 2. The van der Waals surface area contributed by atoms with E-state index >= 15 is 0 Å². The van der Waals surface area contributed by atoms with Gasteiger partial charge in [-0.25, -0.2) is 0 Å². The Hall–Kier alpha value is -1.59. The zero-order valence-electron chi connectivity index (χ0n) is 13.8. The van der Waals surface area contributed by atoms with Gasteiger partial charge in [0.05, 0.1) is 5.92 Å². The summed E-state index contributed by atoms with van der Waals surface area (Å²) < 4.78 is 0. The molecule has 0 aromatic heterocycles. The van der Waals surface area contributed by atoms with E-state index in [1.807, 2.05) is 54.0 Å². The molecule has 5 nitrogen and oxygen atoms in total. The third kappa shape index (κ3) is 4.69. The zero-order chi connectivity index (χ0) is 16.1. The van der Waals surface area contributed by atoms with E-state index in [0.29, 0.717) is 32.7 Å². The molecular formula is C17H26ClN3O2. The lowest BCUT2D eigenvalue weighted by molar-refractivity contribution is -0.142. The minimum Gasteiger partial charge on any atom is -0.339 e. The van der Waals surface area contributed by atoms with E-state index in [-0.39, 0.29) is 36.1 Å². The van der Waals surface area contributed by atoms with E-state index in [2.05, 4.69) is 0 Å². The lowest BCUT2D eigenvalue weighted by Gasteiger charge is -2.37. The molecule has 0 saturated carbocycles. The zero-order valence-corrected chi connectivity index (χ0v) is 14.6. The van der Waals surface area contributed by atoms with Crippen LogP contribution in [0.2, 0.25) is 0 Å². The minimum atomic E-state index is -0.298. The second kappa shape index (κ2) is 8.89. The molecule has 1 aromatic rings. The van der Waals surface area contributed by atoms with Gasteiger partial charge in [-0.1, -0.05) is 44.2 Å². The van der Waals surface area contributed by atoms with Crippen molar-refractivity contribution in [3.63, 3.8) is 0 Å². The fraction of sp³-hybridized carbons (Fsp3) is 0.529. The number of carbonyl (C=O) groups excluding carboxylic acids is 2. The second-order valence-corrected chi connectivity index (χ2v) is 6.00. The summed E-state index contributed by atoms with van der Waals surface area (Å²) in [5, 5.41) is 0. The Morgan fingerprint density at radius 1 is 1.00 bits per heavy atom. The largest absolute Gasteiger partial charge is 0.339 e. The van der Waals surface area contributed by atoms with Gasteiger partial charge in [-0.05, 0) is 5.56 Å². The Bertz CT molecular complexity index is 514. The number of amides is 2. The molecular weight excluding hydrogens is 314 g/mol. The van der Waals surface area contributed by atoms with E-state index in [9.17, 15) is 9.59 Å². The molecule has 2 N–H and O–H groups in total. The van der Waals surface area contributed by atoms with Crippen molar-refractivity contribution in [1.29, 1.82) is 0 Å². The van der Waals surface area contributed by atoms with Crippen LogP contribution in [-0.2, 0) is 9.59 Å². The van der Waals surface area contributed by atoms with Gasteiger partial charge in [0.25, 0.3) is 0 Å². The molecule has 1 aliphatic rings. The number of piperazine rings is 1. The maximum absolute atomic E-state index is 12.7. The summed E-state index contributed by atoms with van der Waals surface area (Å²) >= 11 is 0. The molecule has 2 amide bonds. The summed E-state index contributed by atoms with van der Waals surface area (Å²) in [6.07, 6.45) is 0. The molecule has 0 aliphatic carbocycles. The molecule has 0 bridgehead atoms. The van der Waals surface area contributed by atoms with Crippen LogP contribution in [0.1, 0.15) is 25.3 Å². The number of benzene rings is 1. The smallest absolute Gasteiger partial charge is 0.231 e. The number of nitrogens with two attached hydrogens (primary N) is 1. The van der Waals surface area contributed by atoms with E-state index in [0.717, 1.165) is 5.56 Å². The third-order valence-corrected chi connectivity index (χ3v) is 4.13. The molecule has 128 valence electrons. The van der Waals surface area contributed by atoms with Crippen molar-refractivity contribution in [1.82, 2.24) is 9.80 Å². The van der Waals surface area contributed by atoms with Crippen molar-refractivity contribution >= 4 is 24.2 Å². The number of rotatable bonds is 4. The molecule has 1 saturated heterocycles. The van der Waals surface area contributed by atoms with Crippen molar-refractivity contribution in [2.75, 3.05) is 32.7 Å². The van der Waals surface area contributed by atoms with Crippen LogP contribution in [0.3, 0.4) is 0 Å². The van der Waals surface area contributed by atoms with Gasteiger partial charge >= 0.3 is 0 Å². The maximum Gasteiger partial charge on any atom is 0.231 e. The highest BCUT2D eigenvalue weighted by Gasteiger charge is 2.29. The van der Waals surface area contributed by atoms with Crippen molar-refractivity contribution in [3.05, 3.63) is 35.9 Å². The van der Waals surface area contributed by atoms with Gasteiger partial charge in [0.1, 0.15) is 0 Å². The van der Waals surface area contributed by atoms with Crippen LogP contribution >= 0.6 is 12.4 Å². The standard InChI is InChI=1S/C17H25N3O2.ClH/c1-13(2)16(21)19-8-10-20(11-9-19)17(22)15(12-18)14-6-4-3-5-7-14;/h3-7,13,15H,8-12,18H2,1-2H3;1H. The maximum atomic E-state index is 12.7. The van der Waals surface area contributed by atoms with E-state index < -0.39 is 0 Å². The van der Waals surface area contributed by atoms with Crippen molar-refractivity contribution in [2.45, 2.75) is 19.8 Å². The van der Waals surface area contributed by atoms with Crippen LogP contribution in [0.5, 0.6) is 0 Å². The summed E-state index contributed by atoms with van der Waals surface area (Å²) in [4.78, 5) is 28.3.